The zero-order valence-electron chi connectivity index (χ0n) is 16.2. The van der Waals surface area contributed by atoms with Crippen LogP contribution in [0, 0.1) is 6.92 Å². The van der Waals surface area contributed by atoms with Crippen molar-refractivity contribution in [1.82, 2.24) is 10.6 Å². The number of benzene rings is 1. The quantitative estimate of drug-likeness (QED) is 0.575. The Hall–Kier alpha value is -2.05. The van der Waals surface area contributed by atoms with Crippen LogP contribution in [0.15, 0.2) is 18.2 Å². The van der Waals surface area contributed by atoms with Gasteiger partial charge < -0.3 is 5.32 Å². The van der Waals surface area contributed by atoms with E-state index in [0.717, 1.165) is 24.0 Å². The van der Waals surface area contributed by atoms with Crippen LogP contribution >= 0.6 is 0 Å². The predicted octanol–water partition coefficient (Wildman–Crippen LogP) is 1.91. The molecule has 0 saturated carbocycles. The van der Waals surface area contributed by atoms with Gasteiger partial charge in [0.1, 0.15) is 0 Å². The fourth-order valence-electron chi connectivity index (χ4n) is 3.74. The second-order valence-electron chi connectivity index (χ2n) is 7.26. The highest BCUT2D eigenvalue weighted by molar-refractivity contribution is 6.01. The van der Waals surface area contributed by atoms with E-state index in [4.69, 9.17) is 0 Å². The summed E-state index contributed by atoms with van der Waals surface area (Å²) >= 11 is 0. The molecule has 1 heterocycles. The summed E-state index contributed by atoms with van der Waals surface area (Å²) in [5.74, 6) is -0.638. The van der Waals surface area contributed by atoms with E-state index in [-0.39, 0.29) is 28.6 Å². The van der Waals surface area contributed by atoms with Crippen molar-refractivity contribution in [2.24, 2.45) is 0 Å². The van der Waals surface area contributed by atoms with Crippen molar-refractivity contribution >= 4 is 17.7 Å². The van der Waals surface area contributed by atoms with Crippen molar-refractivity contribution in [2.45, 2.75) is 52.1 Å². The third-order valence-electron chi connectivity index (χ3n) is 5.28. The van der Waals surface area contributed by atoms with E-state index in [9.17, 15) is 14.4 Å². The average Bonchev–Trinajstić information content (AvgIpc) is 2.59. The molecule has 0 spiro atoms. The SMILES string of the molecule is CCCC[N+](C)(C(=O)c1c(C)cccc1CNC)C1CCC(=O)NC1=O. The van der Waals surface area contributed by atoms with Crippen LogP contribution in [0.25, 0.3) is 0 Å². The molecule has 0 radical (unpaired) electrons. The Kier molecular flexibility index (Phi) is 6.67. The number of nitrogens with one attached hydrogen (secondary N) is 2. The minimum absolute atomic E-state index is 0.00845. The Labute approximate surface area is 155 Å². The lowest BCUT2D eigenvalue weighted by molar-refractivity contribution is -0.846. The molecule has 1 fully saturated rings. The summed E-state index contributed by atoms with van der Waals surface area (Å²) in [4.78, 5) is 37.8. The number of likely N-dealkylation sites (N-methyl/N-ethyl adjacent to an activating group) is 1. The van der Waals surface area contributed by atoms with E-state index < -0.39 is 6.04 Å². The van der Waals surface area contributed by atoms with Crippen LogP contribution in [0.3, 0.4) is 0 Å². The fourth-order valence-corrected chi connectivity index (χ4v) is 3.74. The number of carbonyl (C=O) groups excluding carboxylic acids is 3. The summed E-state index contributed by atoms with van der Waals surface area (Å²) in [6.45, 7) is 5.17. The number of hydrogen-bond acceptors (Lipinski definition) is 4. The standard InChI is InChI=1S/C20H29N3O3/c1-5-6-12-23(4,16-10-11-17(24)22-19(16)25)20(26)18-14(2)8-7-9-15(18)13-21-3/h7-9,16,21H,5-6,10-13H2,1-4H3/p+1. The molecule has 26 heavy (non-hydrogen) atoms. The first-order valence-electron chi connectivity index (χ1n) is 9.32. The van der Waals surface area contributed by atoms with E-state index >= 15 is 0 Å². The average molecular weight is 360 g/mol. The van der Waals surface area contributed by atoms with Crippen LogP contribution in [-0.2, 0) is 16.1 Å². The number of rotatable bonds is 7. The number of piperidine rings is 1. The molecule has 6 heteroatoms. The van der Waals surface area contributed by atoms with Gasteiger partial charge in [-0.1, -0.05) is 31.5 Å². The van der Waals surface area contributed by atoms with E-state index in [0.29, 0.717) is 25.1 Å². The fraction of sp³-hybridized carbons (Fsp3) is 0.550. The van der Waals surface area contributed by atoms with Gasteiger partial charge in [0.05, 0.1) is 19.2 Å². The van der Waals surface area contributed by atoms with Gasteiger partial charge in [0.2, 0.25) is 5.91 Å². The van der Waals surface area contributed by atoms with Gasteiger partial charge in [0, 0.05) is 19.4 Å². The molecule has 2 unspecified atom stereocenters. The van der Waals surface area contributed by atoms with Gasteiger partial charge in [-0.3, -0.25) is 14.9 Å². The number of carbonyl (C=O) groups is 3. The van der Waals surface area contributed by atoms with E-state index in [1.54, 1.807) is 0 Å². The number of unbranched alkanes of at least 4 members (excludes halogenated alkanes) is 1. The Balaban J connectivity index is 2.48. The monoisotopic (exact) mass is 360 g/mol. The topological polar surface area (TPSA) is 75.3 Å². The number of quaternary nitrogens is 1. The molecule has 6 nitrogen and oxygen atoms in total. The highest BCUT2D eigenvalue weighted by Gasteiger charge is 2.47. The largest absolute Gasteiger partial charge is 0.346 e. The van der Waals surface area contributed by atoms with Crippen LogP contribution in [0.5, 0.6) is 0 Å². The van der Waals surface area contributed by atoms with Gasteiger partial charge in [-0.15, -0.1) is 0 Å². The van der Waals surface area contributed by atoms with Gasteiger partial charge in [-0.2, -0.15) is 0 Å². The zero-order valence-corrected chi connectivity index (χ0v) is 16.2. The summed E-state index contributed by atoms with van der Waals surface area (Å²) in [6.07, 6.45) is 2.46. The normalized spacial score (nSPS) is 19.8. The molecule has 142 valence electrons. The number of amides is 3. The molecule has 1 aromatic carbocycles. The van der Waals surface area contributed by atoms with Crippen molar-refractivity contribution in [3.05, 3.63) is 34.9 Å². The number of hydrogen-bond donors (Lipinski definition) is 2. The Morgan fingerprint density at radius 1 is 1.35 bits per heavy atom. The second-order valence-corrected chi connectivity index (χ2v) is 7.26. The van der Waals surface area contributed by atoms with Crippen LogP contribution in [-0.4, -0.2) is 48.9 Å². The Morgan fingerprint density at radius 3 is 2.69 bits per heavy atom. The lowest BCUT2D eigenvalue weighted by atomic mass is 9.95. The smallest absolute Gasteiger partial charge is 0.316 e. The first-order valence-corrected chi connectivity index (χ1v) is 9.32. The van der Waals surface area contributed by atoms with Gasteiger partial charge in [0.25, 0.3) is 5.91 Å². The minimum Gasteiger partial charge on any atom is -0.316 e. The van der Waals surface area contributed by atoms with Gasteiger partial charge >= 0.3 is 5.91 Å². The van der Waals surface area contributed by atoms with E-state index in [1.807, 2.05) is 39.2 Å². The molecule has 2 N–H and O–H groups in total. The van der Waals surface area contributed by atoms with Gasteiger partial charge in [-0.05, 0) is 31.5 Å². The maximum atomic E-state index is 13.7. The molecular weight excluding hydrogens is 330 g/mol. The first kappa shape index (κ1) is 20.3. The maximum absolute atomic E-state index is 13.7. The Morgan fingerprint density at radius 2 is 2.08 bits per heavy atom. The number of imide groups is 1. The molecule has 2 rings (SSSR count). The molecule has 3 amide bonds. The maximum Gasteiger partial charge on any atom is 0.346 e. The summed E-state index contributed by atoms with van der Waals surface area (Å²) in [6, 6.07) is 5.29. The van der Waals surface area contributed by atoms with Crippen LogP contribution < -0.4 is 10.6 Å². The van der Waals surface area contributed by atoms with E-state index in [1.165, 1.54) is 0 Å². The summed E-state index contributed by atoms with van der Waals surface area (Å²) in [7, 11) is 3.69. The minimum atomic E-state index is -0.534. The summed E-state index contributed by atoms with van der Waals surface area (Å²) in [5, 5.41) is 5.53. The van der Waals surface area contributed by atoms with Crippen LogP contribution in [0.2, 0.25) is 0 Å². The lowest BCUT2D eigenvalue weighted by Gasteiger charge is -2.40. The van der Waals surface area contributed by atoms with Crippen molar-refractivity contribution in [2.75, 3.05) is 20.6 Å². The highest BCUT2D eigenvalue weighted by Crippen LogP contribution is 2.27. The van der Waals surface area contributed by atoms with Crippen molar-refractivity contribution in [3.63, 3.8) is 0 Å². The zero-order chi connectivity index (χ0) is 19.3. The lowest BCUT2D eigenvalue weighted by Crippen LogP contribution is -2.64. The number of aryl methyl sites for hydroxylation is 1. The molecule has 0 bridgehead atoms. The Bertz CT molecular complexity index is 702. The molecule has 1 aliphatic heterocycles. The van der Waals surface area contributed by atoms with Gasteiger partial charge in [0.15, 0.2) is 6.04 Å². The summed E-state index contributed by atoms with van der Waals surface area (Å²) in [5.41, 5.74) is 2.53. The van der Waals surface area contributed by atoms with E-state index in [2.05, 4.69) is 17.6 Å². The van der Waals surface area contributed by atoms with Crippen LogP contribution in [0.4, 0.5) is 0 Å². The third-order valence-corrected chi connectivity index (χ3v) is 5.28. The van der Waals surface area contributed by atoms with Crippen LogP contribution in [0.1, 0.15) is 54.1 Å². The first-order chi connectivity index (χ1) is 12.3. The number of nitrogens with zero attached hydrogens (tertiary/aromatic N) is 1. The molecule has 0 aromatic heterocycles. The van der Waals surface area contributed by atoms with Crippen molar-refractivity contribution in [3.8, 4) is 0 Å². The third kappa shape index (κ3) is 4.02. The molecule has 1 saturated heterocycles. The molecule has 1 aromatic rings. The predicted molar refractivity (Wildman–Crippen MR) is 100 cm³/mol. The van der Waals surface area contributed by atoms with Crippen molar-refractivity contribution < 1.29 is 18.9 Å². The molecule has 1 aliphatic rings. The molecular formula is C20H30N3O3+. The second kappa shape index (κ2) is 8.56. The van der Waals surface area contributed by atoms with Gasteiger partial charge in [-0.25, -0.2) is 9.28 Å². The summed E-state index contributed by atoms with van der Waals surface area (Å²) < 4.78 is 0.00845. The molecule has 0 aliphatic carbocycles. The van der Waals surface area contributed by atoms with Crippen molar-refractivity contribution in [1.29, 1.82) is 0 Å². The molecule has 2 atom stereocenters. The highest BCUT2D eigenvalue weighted by atomic mass is 16.2.